The lowest BCUT2D eigenvalue weighted by Crippen LogP contribution is -2.29. The van der Waals surface area contributed by atoms with Gasteiger partial charge in [-0.15, -0.1) is 0 Å². The Kier molecular flexibility index (Phi) is 4.20. The summed E-state index contributed by atoms with van der Waals surface area (Å²) in [5.74, 6) is 1.87. The van der Waals surface area contributed by atoms with Crippen molar-refractivity contribution in [3.63, 3.8) is 0 Å². The number of ether oxygens (including phenoxy) is 2. The quantitative estimate of drug-likeness (QED) is 0.850. The molecule has 0 fully saturated rings. The molecule has 7 heteroatoms. The molecule has 0 unspecified atom stereocenters. The van der Waals surface area contributed by atoms with Crippen LogP contribution in [0.25, 0.3) is 11.3 Å². The fourth-order valence-electron chi connectivity index (χ4n) is 2.83. The average molecular weight is 316 g/mol. The van der Waals surface area contributed by atoms with Crippen molar-refractivity contribution in [3.8, 4) is 22.8 Å². The molecule has 2 aromatic rings. The first kappa shape index (κ1) is 15.4. The lowest BCUT2D eigenvalue weighted by atomic mass is 9.97. The summed E-state index contributed by atoms with van der Waals surface area (Å²) in [5, 5.41) is 3.06. The molecule has 122 valence electrons. The molecule has 3 rings (SSSR count). The molecule has 0 amide bonds. The molecule has 23 heavy (non-hydrogen) atoms. The van der Waals surface area contributed by atoms with E-state index in [2.05, 4.69) is 10.3 Å². The molecular weight excluding hydrogens is 296 g/mol. The zero-order valence-corrected chi connectivity index (χ0v) is 13.3. The number of hydrogen-bond donors (Lipinski definition) is 2. The largest absolute Gasteiger partial charge is 0.493 e. The molecule has 0 saturated heterocycles. The first-order valence-electron chi connectivity index (χ1n) is 7.49. The second kappa shape index (κ2) is 6.29. The maximum Gasteiger partial charge on any atom is 0.349 e. The van der Waals surface area contributed by atoms with Crippen LogP contribution in [0, 0.1) is 0 Å². The van der Waals surface area contributed by atoms with Gasteiger partial charge in [0.25, 0.3) is 0 Å². The number of aromatic nitrogens is 2. The molecule has 3 N–H and O–H groups in total. The van der Waals surface area contributed by atoms with E-state index < -0.39 is 0 Å². The fourth-order valence-corrected chi connectivity index (χ4v) is 2.83. The minimum atomic E-state index is -0.262. The highest BCUT2D eigenvalue weighted by molar-refractivity contribution is 5.71. The van der Waals surface area contributed by atoms with Crippen molar-refractivity contribution in [2.24, 2.45) is 5.73 Å². The molecule has 1 aromatic carbocycles. The summed E-state index contributed by atoms with van der Waals surface area (Å²) >= 11 is 0. The SMILES string of the molecule is COc1cc2c(cc1OC)-c1cc(NCCN)nc(=O)n1CC2. The van der Waals surface area contributed by atoms with Gasteiger partial charge in [-0.1, -0.05) is 0 Å². The Morgan fingerprint density at radius 1 is 1.26 bits per heavy atom. The topological polar surface area (TPSA) is 91.4 Å². The summed E-state index contributed by atoms with van der Waals surface area (Å²) in [6.07, 6.45) is 0.750. The van der Waals surface area contributed by atoms with Crippen LogP contribution in [0.3, 0.4) is 0 Å². The molecule has 0 radical (unpaired) electrons. The maximum absolute atomic E-state index is 12.3. The summed E-state index contributed by atoms with van der Waals surface area (Å²) in [5.41, 5.74) is 8.14. The molecular formula is C16H20N4O3. The number of nitrogens with zero attached hydrogens (tertiary/aromatic N) is 2. The number of rotatable bonds is 5. The molecule has 0 aliphatic carbocycles. The highest BCUT2D eigenvalue weighted by atomic mass is 16.5. The monoisotopic (exact) mass is 316 g/mol. The van der Waals surface area contributed by atoms with Gasteiger partial charge in [0.2, 0.25) is 0 Å². The average Bonchev–Trinajstić information content (AvgIpc) is 2.58. The number of fused-ring (bicyclic) bond motifs is 3. The Morgan fingerprint density at radius 3 is 2.70 bits per heavy atom. The Morgan fingerprint density at radius 2 is 2.00 bits per heavy atom. The Hall–Kier alpha value is -2.54. The van der Waals surface area contributed by atoms with Crippen LogP contribution in [-0.2, 0) is 13.0 Å². The van der Waals surface area contributed by atoms with Crippen LogP contribution < -0.4 is 26.2 Å². The summed E-state index contributed by atoms with van der Waals surface area (Å²) < 4.78 is 12.4. The number of methoxy groups -OCH3 is 2. The molecule has 1 aromatic heterocycles. The van der Waals surface area contributed by atoms with Crippen LogP contribution in [0.15, 0.2) is 23.0 Å². The van der Waals surface area contributed by atoms with Gasteiger partial charge in [-0.2, -0.15) is 4.98 Å². The molecule has 0 spiro atoms. The highest BCUT2D eigenvalue weighted by Crippen LogP contribution is 2.38. The predicted molar refractivity (Wildman–Crippen MR) is 88.3 cm³/mol. The second-order valence-electron chi connectivity index (χ2n) is 5.29. The number of hydrogen-bond acceptors (Lipinski definition) is 6. The third-order valence-electron chi connectivity index (χ3n) is 3.95. The van der Waals surface area contributed by atoms with Gasteiger partial charge in [-0.05, 0) is 24.1 Å². The van der Waals surface area contributed by atoms with Crippen LogP contribution in [0.1, 0.15) is 5.56 Å². The van der Waals surface area contributed by atoms with Gasteiger partial charge in [0.1, 0.15) is 5.82 Å². The van der Waals surface area contributed by atoms with Crippen molar-refractivity contribution in [2.45, 2.75) is 13.0 Å². The van der Waals surface area contributed by atoms with Gasteiger partial charge < -0.3 is 20.5 Å². The van der Waals surface area contributed by atoms with E-state index in [1.165, 1.54) is 0 Å². The van der Waals surface area contributed by atoms with Crippen molar-refractivity contribution in [2.75, 3.05) is 32.6 Å². The summed E-state index contributed by atoms with van der Waals surface area (Å²) in [4.78, 5) is 16.3. The number of anilines is 1. The van der Waals surface area contributed by atoms with Crippen LogP contribution in [-0.4, -0.2) is 36.9 Å². The third kappa shape index (κ3) is 2.75. The van der Waals surface area contributed by atoms with E-state index in [1.54, 1.807) is 18.8 Å². The lowest BCUT2D eigenvalue weighted by Gasteiger charge is -2.23. The van der Waals surface area contributed by atoms with Crippen molar-refractivity contribution in [1.82, 2.24) is 9.55 Å². The van der Waals surface area contributed by atoms with Crippen molar-refractivity contribution >= 4 is 5.82 Å². The maximum atomic E-state index is 12.3. The van der Waals surface area contributed by atoms with Crippen molar-refractivity contribution in [1.29, 1.82) is 0 Å². The first-order valence-corrected chi connectivity index (χ1v) is 7.49. The fraction of sp³-hybridized carbons (Fsp3) is 0.375. The Balaban J connectivity index is 2.15. The number of nitrogens with one attached hydrogen (secondary N) is 1. The molecule has 2 heterocycles. The zero-order valence-electron chi connectivity index (χ0n) is 13.3. The zero-order chi connectivity index (χ0) is 16.4. The van der Waals surface area contributed by atoms with E-state index in [4.69, 9.17) is 15.2 Å². The van der Waals surface area contributed by atoms with E-state index in [0.717, 1.165) is 23.2 Å². The van der Waals surface area contributed by atoms with Gasteiger partial charge >= 0.3 is 5.69 Å². The van der Waals surface area contributed by atoms with E-state index in [9.17, 15) is 4.79 Å². The smallest absolute Gasteiger partial charge is 0.349 e. The van der Waals surface area contributed by atoms with E-state index in [-0.39, 0.29) is 5.69 Å². The van der Waals surface area contributed by atoms with Crippen molar-refractivity contribution in [3.05, 3.63) is 34.2 Å². The van der Waals surface area contributed by atoms with Gasteiger partial charge in [-0.25, -0.2) is 4.79 Å². The molecule has 0 atom stereocenters. The molecule has 7 nitrogen and oxygen atoms in total. The number of aryl methyl sites for hydroxylation is 1. The third-order valence-corrected chi connectivity index (χ3v) is 3.95. The lowest BCUT2D eigenvalue weighted by molar-refractivity contribution is 0.354. The summed E-state index contributed by atoms with van der Waals surface area (Å²) in [7, 11) is 3.21. The second-order valence-corrected chi connectivity index (χ2v) is 5.29. The van der Waals surface area contributed by atoms with E-state index in [0.29, 0.717) is 37.0 Å². The molecule has 1 aliphatic heterocycles. The standard InChI is InChI=1S/C16H20N4O3/c1-22-13-7-10-3-6-20-12(11(10)8-14(13)23-2)9-15(18-5-4-17)19-16(20)21/h7-9H,3-6,17H2,1-2H3,(H,18,19,21). The highest BCUT2D eigenvalue weighted by Gasteiger charge is 2.21. The van der Waals surface area contributed by atoms with Gasteiger partial charge in [0.05, 0.1) is 19.9 Å². The van der Waals surface area contributed by atoms with Crippen LogP contribution in [0.2, 0.25) is 0 Å². The Bertz CT molecular complexity index is 786. The van der Waals surface area contributed by atoms with Gasteiger partial charge in [-0.3, -0.25) is 4.57 Å². The molecule has 1 aliphatic rings. The first-order chi connectivity index (χ1) is 11.2. The minimum Gasteiger partial charge on any atom is -0.493 e. The van der Waals surface area contributed by atoms with E-state index in [1.807, 2.05) is 18.2 Å². The van der Waals surface area contributed by atoms with E-state index >= 15 is 0 Å². The minimum absolute atomic E-state index is 0.262. The summed E-state index contributed by atoms with van der Waals surface area (Å²) in [6.45, 7) is 1.64. The number of nitrogens with two attached hydrogens (primary N) is 1. The van der Waals surface area contributed by atoms with Crippen LogP contribution >= 0.6 is 0 Å². The van der Waals surface area contributed by atoms with Crippen LogP contribution in [0.4, 0.5) is 5.82 Å². The molecule has 0 bridgehead atoms. The van der Waals surface area contributed by atoms with Gasteiger partial charge in [0, 0.05) is 31.3 Å². The number of benzene rings is 1. The van der Waals surface area contributed by atoms with Crippen LogP contribution in [0.5, 0.6) is 11.5 Å². The van der Waals surface area contributed by atoms with Crippen molar-refractivity contribution < 1.29 is 9.47 Å². The molecule has 0 saturated carbocycles. The normalized spacial score (nSPS) is 12.3. The Labute approximate surface area is 134 Å². The van der Waals surface area contributed by atoms with Gasteiger partial charge in [0.15, 0.2) is 11.5 Å². The summed E-state index contributed by atoms with van der Waals surface area (Å²) in [6, 6.07) is 5.75. The predicted octanol–water partition coefficient (Wildman–Crippen LogP) is 0.854.